The summed E-state index contributed by atoms with van der Waals surface area (Å²) >= 11 is 0. The fourth-order valence-corrected chi connectivity index (χ4v) is 2.51. The second-order valence-electron chi connectivity index (χ2n) is 5.05. The Hall–Kier alpha value is -1.70. The molecule has 7 heteroatoms. The smallest absolute Gasteiger partial charge is 0.292 e. The van der Waals surface area contributed by atoms with Gasteiger partial charge in [-0.3, -0.25) is 15.0 Å². The Morgan fingerprint density at radius 1 is 1.55 bits per heavy atom. The van der Waals surface area contributed by atoms with Gasteiger partial charge in [0.05, 0.1) is 23.7 Å². The third-order valence-corrected chi connectivity index (χ3v) is 3.37. The van der Waals surface area contributed by atoms with E-state index in [9.17, 15) is 15.2 Å². The van der Waals surface area contributed by atoms with Crippen LogP contribution in [0.3, 0.4) is 0 Å². The van der Waals surface area contributed by atoms with Gasteiger partial charge in [0.2, 0.25) is 0 Å². The SMILES string of the molecule is CC1CN(Cc2cccc([N+](=O)[O-])c2N)CC(CO)O1. The Morgan fingerprint density at radius 3 is 2.95 bits per heavy atom. The minimum absolute atomic E-state index is 0.0147. The Bertz CT molecular complexity index is 495. The van der Waals surface area contributed by atoms with Gasteiger partial charge >= 0.3 is 0 Å². The summed E-state index contributed by atoms with van der Waals surface area (Å²) in [6.45, 7) is 3.70. The van der Waals surface area contributed by atoms with Crippen molar-refractivity contribution < 1.29 is 14.8 Å². The Balaban J connectivity index is 2.13. The summed E-state index contributed by atoms with van der Waals surface area (Å²) in [6.07, 6.45) is -0.209. The number of para-hydroxylation sites is 1. The number of nitrogens with two attached hydrogens (primary N) is 1. The van der Waals surface area contributed by atoms with Gasteiger partial charge in [-0.05, 0) is 12.5 Å². The highest BCUT2D eigenvalue weighted by molar-refractivity contribution is 5.62. The molecule has 1 aliphatic rings. The number of benzene rings is 1. The fraction of sp³-hybridized carbons (Fsp3) is 0.538. The van der Waals surface area contributed by atoms with E-state index in [1.165, 1.54) is 6.07 Å². The van der Waals surface area contributed by atoms with E-state index in [4.69, 9.17) is 10.5 Å². The molecule has 2 atom stereocenters. The van der Waals surface area contributed by atoms with Crippen LogP contribution in [0.4, 0.5) is 11.4 Å². The number of aliphatic hydroxyl groups is 1. The van der Waals surface area contributed by atoms with Crippen LogP contribution in [-0.2, 0) is 11.3 Å². The molecule has 1 aliphatic heterocycles. The lowest BCUT2D eigenvalue weighted by Crippen LogP contribution is -2.47. The summed E-state index contributed by atoms with van der Waals surface area (Å²) in [5, 5.41) is 20.1. The van der Waals surface area contributed by atoms with Crippen LogP contribution in [-0.4, -0.2) is 46.8 Å². The number of hydrogen-bond donors (Lipinski definition) is 2. The van der Waals surface area contributed by atoms with Gasteiger partial charge < -0.3 is 15.6 Å². The number of anilines is 1. The standard InChI is InChI=1S/C13H19N3O4/c1-9-5-15(7-11(8-17)20-9)6-10-3-2-4-12(13(10)14)16(18)19/h2-4,9,11,17H,5-8,14H2,1H3. The number of nitrogens with zero attached hydrogens (tertiary/aromatic N) is 2. The summed E-state index contributed by atoms with van der Waals surface area (Å²) < 4.78 is 5.56. The van der Waals surface area contributed by atoms with Crippen molar-refractivity contribution in [1.29, 1.82) is 0 Å². The van der Waals surface area contributed by atoms with Crippen LogP contribution in [0.15, 0.2) is 18.2 Å². The maximum absolute atomic E-state index is 10.9. The lowest BCUT2D eigenvalue weighted by molar-refractivity contribution is -0.384. The van der Waals surface area contributed by atoms with Crippen molar-refractivity contribution in [3.8, 4) is 0 Å². The maximum Gasteiger partial charge on any atom is 0.292 e. The van der Waals surface area contributed by atoms with Gasteiger partial charge in [-0.1, -0.05) is 12.1 Å². The molecule has 20 heavy (non-hydrogen) atoms. The molecule has 1 aromatic carbocycles. The summed E-state index contributed by atoms with van der Waals surface area (Å²) in [6, 6.07) is 4.82. The molecule has 0 spiro atoms. The van der Waals surface area contributed by atoms with Crippen LogP contribution in [0.5, 0.6) is 0 Å². The van der Waals surface area contributed by atoms with E-state index in [0.29, 0.717) is 19.6 Å². The number of nitro groups is 1. The van der Waals surface area contributed by atoms with Gasteiger partial charge in [-0.25, -0.2) is 0 Å². The van der Waals surface area contributed by atoms with Crippen LogP contribution in [0.25, 0.3) is 0 Å². The molecule has 0 bridgehead atoms. The molecule has 0 saturated carbocycles. The van der Waals surface area contributed by atoms with Gasteiger partial charge in [0.25, 0.3) is 5.69 Å². The molecular weight excluding hydrogens is 262 g/mol. The first-order valence-corrected chi connectivity index (χ1v) is 6.51. The number of hydrogen-bond acceptors (Lipinski definition) is 6. The maximum atomic E-state index is 10.9. The monoisotopic (exact) mass is 281 g/mol. The lowest BCUT2D eigenvalue weighted by Gasteiger charge is -2.36. The number of nitro benzene ring substituents is 1. The molecule has 2 unspecified atom stereocenters. The number of rotatable bonds is 4. The highest BCUT2D eigenvalue weighted by Crippen LogP contribution is 2.26. The summed E-state index contributed by atoms with van der Waals surface area (Å²) in [5.41, 5.74) is 6.72. The molecule has 1 saturated heterocycles. The van der Waals surface area contributed by atoms with Crippen LogP contribution < -0.4 is 5.73 Å². The zero-order valence-electron chi connectivity index (χ0n) is 11.4. The van der Waals surface area contributed by atoms with Gasteiger partial charge in [-0.15, -0.1) is 0 Å². The normalized spacial score (nSPS) is 23.7. The van der Waals surface area contributed by atoms with E-state index in [1.54, 1.807) is 12.1 Å². The highest BCUT2D eigenvalue weighted by atomic mass is 16.6. The second-order valence-corrected chi connectivity index (χ2v) is 5.05. The molecule has 2 rings (SSSR count). The third kappa shape index (κ3) is 3.24. The molecule has 110 valence electrons. The molecule has 0 radical (unpaired) electrons. The minimum atomic E-state index is -0.475. The van der Waals surface area contributed by atoms with Crippen molar-refractivity contribution in [3.63, 3.8) is 0 Å². The van der Waals surface area contributed by atoms with Crippen LogP contribution in [0.1, 0.15) is 12.5 Å². The fourth-order valence-electron chi connectivity index (χ4n) is 2.51. The molecule has 0 aromatic heterocycles. The molecule has 0 aliphatic carbocycles. The van der Waals surface area contributed by atoms with E-state index in [-0.39, 0.29) is 30.2 Å². The largest absolute Gasteiger partial charge is 0.394 e. The van der Waals surface area contributed by atoms with E-state index in [2.05, 4.69) is 4.90 Å². The molecule has 1 fully saturated rings. The van der Waals surface area contributed by atoms with Gasteiger partial charge in [-0.2, -0.15) is 0 Å². The van der Waals surface area contributed by atoms with E-state index in [0.717, 1.165) is 5.56 Å². The first-order valence-electron chi connectivity index (χ1n) is 6.51. The highest BCUT2D eigenvalue weighted by Gasteiger charge is 2.25. The van der Waals surface area contributed by atoms with Crippen molar-refractivity contribution in [2.24, 2.45) is 0 Å². The molecule has 3 N–H and O–H groups in total. The van der Waals surface area contributed by atoms with Crippen molar-refractivity contribution in [3.05, 3.63) is 33.9 Å². The third-order valence-electron chi connectivity index (χ3n) is 3.37. The van der Waals surface area contributed by atoms with Gasteiger partial charge in [0, 0.05) is 25.7 Å². The van der Waals surface area contributed by atoms with E-state index >= 15 is 0 Å². The Kier molecular flexibility index (Phi) is 4.53. The summed E-state index contributed by atoms with van der Waals surface area (Å²) in [4.78, 5) is 12.5. The zero-order chi connectivity index (χ0) is 14.7. The van der Waals surface area contributed by atoms with Crippen molar-refractivity contribution in [2.45, 2.75) is 25.7 Å². The molecule has 7 nitrogen and oxygen atoms in total. The topological polar surface area (TPSA) is 102 Å². The van der Waals surface area contributed by atoms with Gasteiger partial charge in [0.1, 0.15) is 5.69 Å². The molecule has 0 amide bonds. The van der Waals surface area contributed by atoms with Crippen LogP contribution in [0.2, 0.25) is 0 Å². The predicted molar refractivity (Wildman–Crippen MR) is 74.2 cm³/mol. The van der Waals surface area contributed by atoms with Gasteiger partial charge in [0.15, 0.2) is 0 Å². The van der Waals surface area contributed by atoms with E-state index < -0.39 is 4.92 Å². The molecular formula is C13H19N3O4. The molecule has 1 heterocycles. The minimum Gasteiger partial charge on any atom is -0.394 e. The Labute approximate surface area is 117 Å². The average molecular weight is 281 g/mol. The zero-order valence-corrected chi connectivity index (χ0v) is 11.4. The first-order chi connectivity index (χ1) is 9.51. The first kappa shape index (κ1) is 14.7. The van der Waals surface area contributed by atoms with Crippen LogP contribution >= 0.6 is 0 Å². The average Bonchev–Trinajstić information content (AvgIpc) is 2.40. The van der Waals surface area contributed by atoms with Crippen molar-refractivity contribution in [1.82, 2.24) is 4.90 Å². The lowest BCUT2D eigenvalue weighted by atomic mass is 10.1. The number of nitrogen functional groups attached to an aromatic ring is 1. The number of aliphatic hydroxyl groups excluding tert-OH is 1. The number of morpholine rings is 1. The second kappa shape index (κ2) is 6.17. The number of ether oxygens (including phenoxy) is 1. The van der Waals surface area contributed by atoms with E-state index in [1.807, 2.05) is 6.92 Å². The quantitative estimate of drug-likeness (QED) is 0.480. The Morgan fingerprint density at radius 2 is 2.30 bits per heavy atom. The van der Waals surface area contributed by atoms with Crippen molar-refractivity contribution in [2.75, 3.05) is 25.4 Å². The van der Waals surface area contributed by atoms with Crippen LogP contribution in [0, 0.1) is 10.1 Å². The molecule has 1 aromatic rings. The summed E-state index contributed by atoms with van der Waals surface area (Å²) in [7, 11) is 0. The van der Waals surface area contributed by atoms with Crippen molar-refractivity contribution >= 4 is 11.4 Å². The summed E-state index contributed by atoms with van der Waals surface area (Å²) in [5.74, 6) is 0. The predicted octanol–water partition coefficient (Wildman–Crippen LogP) is 0.759.